The minimum absolute atomic E-state index is 0.0325. The molecular formula is C9H14O2. The third-order valence-electron chi connectivity index (χ3n) is 2.31. The normalized spacial score (nSPS) is 32.0. The van der Waals surface area contributed by atoms with Crippen molar-refractivity contribution in [1.82, 2.24) is 0 Å². The molecule has 0 spiro atoms. The second-order valence-electron chi connectivity index (χ2n) is 3.70. The Morgan fingerprint density at radius 1 is 1.36 bits per heavy atom. The highest BCUT2D eigenvalue weighted by atomic mass is 16.2. The quantitative estimate of drug-likeness (QED) is 0.535. The first-order valence-electron chi connectivity index (χ1n) is 4.10. The van der Waals surface area contributed by atoms with E-state index in [1.807, 2.05) is 20.8 Å². The van der Waals surface area contributed by atoms with Gasteiger partial charge in [0.1, 0.15) is 11.6 Å². The molecule has 2 atom stereocenters. The number of hydrogen-bond donors (Lipinski definition) is 0. The first-order valence-corrected chi connectivity index (χ1v) is 4.10. The van der Waals surface area contributed by atoms with E-state index < -0.39 is 0 Å². The molecule has 0 aliphatic heterocycles. The molecule has 1 rings (SSSR count). The first kappa shape index (κ1) is 8.44. The Kier molecular flexibility index (Phi) is 2.12. The lowest BCUT2D eigenvalue weighted by Crippen LogP contribution is -2.21. The Bertz CT molecular complexity index is 194. The lowest BCUT2D eigenvalue weighted by atomic mass is 9.92. The predicted octanol–water partition coefficient (Wildman–Crippen LogP) is 1.44. The van der Waals surface area contributed by atoms with Crippen LogP contribution in [0, 0.1) is 17.8 Å². The number of ketones is 2. The van der Waals surface area contributed by atoms with E-state index >= 15 is 0 Å². The Balaban J connectivity index is 2.80. The zero-order chi connectivity index (χ0) is 8.59. The van der Waals surface area contributed by atoms with Crippen LogP contribution in [-0.2, 0) is 9.59 Å². The molecule has 62 valence electrons. The van der Waals surface area contributed by atoms with E-state index in [9.17, 15) is 9.59 Å². The van der Waals surface area contributed by atoms with Gasteiger partial charge in [0.25, 0.3) is 0 Å². The zero-order valence-corrected chi connectivity index (χ0v) is 7.26. The topological polar surface area (TPSA) is 34.1 Å². The van der Waals surface area contributed by atoms with E-state index in [4.69, 9.17) is 0 Å². The van der Waals surface area contributed by atoms with Crippen LogP contribution in [0.2, 0.25) is 0 Å². The minimum atomic E-state index is -0.301. The van der Waals surface area contributed by atoms with Gasteiger partial charge in [0.15, 0.2) is 0 Å². The molecule has 0 aromatic rings. The summed E-state index contributed by atoms with van der Waals surface area (Å²) in [5.74, 6) is 0.127. The minimum Gasteiger partial charge on any atom is -0.299 e. The zero-order valence-electron chi connectivity index (χ0n) is 7.26. The van der Waals surface area contributed by atoms with Crippen molar-refractivity contribution < 1.29 is 9.59 Å². The largest absolute Gasteiger partial charge is 0.299 e. The average Bonchev–Trinajstić information content (AvgIpc) is 2.07. The fraction of sp³-hybridized carbons (Fsp3) is 0.778. The smallest absolute Gasteiger partial charge is 0.146 e. The monoisotopic (exact) mass is 154 g/mol. The van der Waals surface area contributed by atoms with Gasteiger partial charge in [-0.1, -0.05) is 20.8 Å². The second kappa shape index (κ2) is 2.76. The molecule has 0 heterocycles. The van der Waals surface area contributed by atoms with E-state index in [2.05, 4.69) is 0 Å². The summed E-state index contributed by atoms with van der Waals surface area (Å²) < 4.78 is 0. The Morgan fingerprint density at radius 2 is 1.91 bits per heavy atom. The molecule has 0 amide bonds. The summed E-state index contributed by atoms with van der Waals surface area (Å²) in [5.41, 5.74) is 0. The molecule has 0 aromatic heterocycles. The molecule has 0 N–H and O–H groups in total. The van der Waals surface area contributed by atoms with Crippen LogP contribution >= 0.6 is 0 Å². The highest BCUT2D eigenvalue weighted by molar-refractivity contribution is 6.09. The van der Waals surface area contributed by atoms with Crippen LogP contribution in [0.4, 0.5) is 0 Å². The maximum Gasteiger partial charge on any atom is 0.146 e. The van der Waals surface area contributed by atoms with Crippen molar-refractivity contribution in [3.05, 3.63) is 0 Å². The van der Waals surface area contributed by atoms with Crippen molar-refractivity contribution in [1.29, 1.82) is 0 Å². The molecule has 2 unspecified atom stereocenters. The molecule has 1 aliphatic carbocycles. The molecule has 2 heteroatoms. The summed E-state index contributed by atoms with van der Waals surface area (Å²) in [6.07, 6.45) is 0.460. The average molecular weight is 154 g/mol. The van der Waals surface area contributed by atoms with Gasteiger partial charge in [-0.05, 0) is 5.92 Å². The third kappa shape index (κ3) is 1.35. The highest BCUT2D eigenvalue weighted by Crippen LogP contribution is 2.28. The Labute approximate surface area is 67.0 Å². The summed E-state index contributed by atoms with van der Waals surface area (Å²) in [7, 11) is 0. The van der Waals surface area contributed by atoms with Gasteiger partial charge in [-0.3, -0.25) is 9.59 Å². The lowest BCUT2D eigenvalue weighted by Gasteiger charge is -2.10. The van der Waals surface area contributed by atoms with Gasteiger partial charge < -0.3 is 0 Å². The Morgan fingerprint density at radius 3 is 2.09 bits per heavy atom. The van der Waals surface area contributed by atoms with E-state index in [1.165, 1.54) is 0 Å². The van der Waals surface area contributed by atoms with Crippen LogP contribution in [-0.4, -0.2) is 11.6 Å². The maximum atomic E-state index is 11.3. The van der Waals surface area contributed by atoms with Gasteiger partial charge in [0.05, 0.1) is 5.92 Å². The lowest BCUT2D eigenvalue weighted by molar-refractivity contribution is -0.129. The molecule has 2 nitrogen and oxygen atoms in total. The van der Waals surface area contributed by atoms with Crippen LogP contribution < -0.4 is 0 Å². The van der Waals surface area contributed by atoms with Gasteiger partial charge >= 0.3 is 0 Å². The highest BCUT2D eigenvalue weighted by Gasteiger charge is 2.39. The fourth-order valence-electron chi connectivity index (χ4n) is 1.69. The number of carbonyl (C=O) groups excluding carboxylic acids is 2. The van der Waals surface area contributed by atoms with Crippen molar-refractivity contribution in [3.63, 3.8) is 0 Å². The number of hydrogen-bond acceptors (Lipinski definition) is 2. The maximum absolute atomic E-state index is 11.3. The van der Waals surface area contributed by atoms with Gasteiger partial charge in [0, 0.05) is 12.3 Å². The first-order chi connectivity index (χ1) is 5.04. The van der Waals surface area contributed by atoms with Crippen molar-refractivity contribution in [3.8, 4) is 0 Å². The summed E-state index contributed by atoms with van der Waals surface area (Å²) in [4.78, 5) is 22.6. The van der Waals surface area contributed by atoms with Crippen molar-refractivity contribution in [2.24, 2.45) is 17.8 Å². The molecule has 0 aromatic carbocycles. The summed E-state index contributed by atoms with van der Waals surface area (Å²) in [6, 6.07) is 0. The van der Waals surface area contributed by atoms with Gasteiger partial charge in [-0.2, -0.15) is 0 Å². The second-order valence-corrected chi connectivity index (χ2v) is 3.70. The number of rotatable bonds is 1. The van der Waals surface area contributed by atoms with E-state index in [-0.39, 0.29) is 29.3 Å². The van der Waals surface area contributed by atoms with Crippen molar-refractivity contribution in [2.45, 2.75) is 27.2 Å². The molecule has 0 radical (unpaired) electrons. The SMILES string of the molecule is CC1CC(=O)C(C(C)C)C1=O. The van der Waals surface area contributed by atoms with Crippen LogP contribution in [0.3, 0.4) is 0 Å². The molecule has 1 aliphatic rings. The van der Waals surface area contributed by atoms with E-state index in [0.717, 1.165) is 0 Å². The summed E-state index contributed by atoms with van der Waals surface area (Å²) >= 11 is 0. The van der Waals surface area contributed by atoms with Crippen molar-refractivity contribution >= 4 is 11.6 Å². The van der Waals surface area contributed by atoms with E-state index in [1.54, 1.807) is 0 Å². The molecule has 0 bridgehead atoms. The van der Waals surface area contributed by atoms with Crippen LogP contribution in [0.15, 0.2) is 0 Å². The molecular weight excluding hydrogens is 140 g/mol. The number of carbonyl (C=O) groups is 2. The molecule has 0 saturated heterocycles. The van der Waals surface area contributed by atoms with E-state index in [0.29, 0.717) is 6.42 Å². The number of Topliss-reactive ketones (excluding diaryl/α,β-unsaturated/α-hetero) is 2. The fourth-order valence-corrected chi connectivity index (χ4v) is 1.69. The third-order valence-corrected chi connectivity index (χ3v) is 2.31. The van der Waals surface area contributed by atoms with Gasteiger partial charge in [-0.15, -0.1) is 0 Å². The predicted molar refractivity (Wildman–Crippen MR) is 42.1 cm³/mol. The molecule has 1 fully saturated rings. The summed E-state index contributed by atoms with van der Waals surface area (Å²) in [6.45, 7) is 5.69. The van der Waals surface area contributed by atoms with Crippen LogP contribution in [0.1, 0.15) is 27.2 Å². The molecule has 11 heavy (non-hydrogen) atoms. The summed E-state index contributed by atoms with van der Waals surface area (Å²) in [5, 5.41) is 0. The molecule has 1 saturated carbocycles. The van der Waals surface area contributed by atoms with Gasteiger partial charge in [0.2, 0.25) is 0 Å². The Hall–Kier alpha value is -0.660. The van der Waals surface area contributed by atoms with Crippen LogP contribution in [0.5, 0.6) is 0 Å². The van der Waals surface area contributed by atoms with Crippen LogP contribution in [0.25, 0.3) is 0 Å². The standard InChI is InChI=1S/C9H14O2/c1-5(2)8-7(10)4-6(3)9(8)11/h5-6,8H,4H2,1-3H3. The van der Waals surface area contributed by atoms with Crippen molar-refractivity contribution in [2.75, 3.05) is 0 Å². The van der Waals surface area contributed by atoms with Gasteiger partial charge in [-0.25, -0.2) is 0 Å².